The van der Waals surface area contributed by atoms with Crippen LogP contribution in [-0.2, 0) is 0 Å². The average Bonchev–Trinajstić information content (AvgIpc) is 2.12. The van der Waals surface area contributed by atoms with Gasteiger partial charge in [-0.25, -0.2) is 0 Å². The molecule has 0 spiro atoms. The Morgan fingerprint density at radius 2 is 1.78 bits per heavy atom. The third-order valence-corrected chi connectivity index (χ3v) is 2.00. The van der Waals surface area contributed by atoms with Crippen LogP contribution in [0.5, 0.6) is 0 Å². The Balaban J connectivity index is 0.000000640. The van der Waals surface area contributed by atoms with E-state index in [-0.39, 0.29) is 4.70 Å². The lowest BCUT2D eigenvalue weighted by atomic mass is 10.4. The van der Waals surface area contributed by atoms with Gasteiger partial charge in [0.2, 0.25) is 9.03 Å². The molecule has 54 valence electrons. The molecule has 0 aromatic carbocycles. The van der Waals surface area contributed by atoms with Crippen LogP contribution >= 0.6 is 18.4 Å². The summed E-state index contributed by atoms with van der Waals surface area (Å²) in [5.41, 5.74) is 0. The zero-order valence-electron chi connectivity index (χ0n) is 5.18. The number of nitrogens with zero attached hydrogens (tertiary/aromatic N) is 2. The van der Waals surface area contributed by atoms with Gasteiger partial charge in [-0.05, 0) is 12.8 Å². The first kappa shape index (κ1) is 9.42. The number of hydrogen-bond donors (Lipinski definition) is 0. The highest BCUT2D eigenvalue weighted by atomic mass is 31.1. The van der Waals surface area contributed by atoms with Gasteiger partial charge in [-0.1, -0.05) is 5.01 Å². The second kappa shape index (κ2) is 4.27. The summed E-state index contributed by atoms with van der Waals surface area (Å²) in [7, 11) is 5.95. The monoisotopic (exact) mass is 168 g/mol. The first-order valence-corrected chi connectivity index (χ1v) is 3.78. The highest BCUT2D eigenvalue weighted by Crippen LogP contribution is 2.10. The Labute approximate surface area is 59.1 Å². The Morgan fingerprint density at radius 1 is 1.33 bits per heavy atom. The fourth-order valence-corrected chi connectivity index (χ4v) is 1.35. The van der Waals surface area contributed by atoms with E-state index < -0.39 is 0 Å². The molecule has 2 nitrogen and oxygen atoms in total. The predicted octanol–water partition coefficient (Wildman–Crippen LogP) is -1.87. The molecule has 0 aromatic rings. The molecule has 1 fully saturated rings. The summed E-state index contributed by atoms with van der Waals surface area (Å²) in [4.78, 5) is 0. The molecule has 0 aromatic heterocycles. The van der Waals surface area contributed by atoms with Crippen LogP contribution in [0.1, 0.15) is 12.8 Å². The van der Waals surface area contributed by atoms with Gasteiger partial charge in [-0.2, -0.15) is 0 Å². The summed E-state index contributed by atoms with van der Waals surface area (Å²) in [5.74, 6) is 0. The molecule has 1 atom stereocenters. The second-order valence-electron chi connectivity index (χ2n) is 2.01. The number of halogens is 1. The van der Waals surface area contributed by atoms with Gasteiger partial charge in [-0.15, -0.1) is 4.21 Å². The van der Waals surface area contributed by atoms with Crippen LogP contribution in [-0.4, -0.2) is 22.3 Å². The van der Waals surface area contributed by atoms with Gasteiger partial charge in [0, 0.05) is 0 Å². The third kappa shape index (κ3) is 2.66. The SMILES string of the molecule is P=[N+](P)N1CCCC1.[F-]. The molecule has 0 amide bonds. The maximum Gasteiger partial charge on any atom is 0.216 e. The van der Waals surface area contributed by atoms with E-state index >= 15 is 0 Å². The Morgan fingerprint density at radius 3 is 2.00 bits per heavy atom. The first-order valence-electron chi connectivity index (χ1n) is 2.81. The fourth-order valence-electron chi connectivity index (χ4n) is 0.916. The van der Waals surface area contributed by atoms with Gasteiger partial charge < -0.3 is 4.70 Å². The summed E-state index contributed by atoms with van der Waals surface area (Å²) < 4.78 is 1.90. The quantitative estimate of drug-likeness (QED) is 0.416. The fraction of sp³-hybridized carbons (Fsp3) is 1.00. The van der Waals surface area contributed by atoms with E-state index in [0.29, 0.717) is 0 Å². The highest BCUT2D eigenvalue weighted by Gasteiger charge is 2.16. The Kier molecular flexibility index (Phi) is 4.47. The van der Waals surface area contributed by atoms with E-state index in [0.717, 1.165) is 0 Å². The van der Waals surface area contributed by atoms with Crippen LogP contribution in [0.2, 0.25) is 0 Å². The normalized spacial score (nSPS) is 19.2. The maximum absolute atomic E-state index is 3.37. The van der Waals surface area contributed by atoms with Crippen molar-refractivity contribution in [1.29, 1.82) is 0 Å². The van der Waals surface area contributed by atoms with E-state index in [1.165, 1.54) is 25.9 Å². The highest BCUT2D eigenvalue weighted by molar-refractivity contribution is 7.15. The van der Waals surface area contributed by atoms with Crippen LogP contribution in [0.25, 0.3) is 0 Å². The molecule has 0 bridgehead atoms. The molecule has 9 heavy (non-hydrogen) atoms. The van der Waals surface area contributed by atoms with Crippen molar-refractivity contribution in [1.82, 2.24) is 5.01 Å². The van der Waals surface area contributed by atoms with Crippen molar-refractivity contribution in [3.8, 4) is 0 Å². The molecular formula is C4H11FN2P2. The molecule has 0 N–H and O–H groups in total. The summed E-state index contributed by atoms with van der Waals surface area (Å²) >= 11 is 0. The molecule has 0 radical (unpaired) electrons. The van der Waals surface area contributed by atoms with Crippen LogP contribution in [0.15, 0.2) is 0 Å². The maximum atomic E-state index is 3.37. The van der Waals surface area contributed by atoms with Crippen molar-refractivity contribution in [3.05, 3.63) is 0 Å². The molecule has 1 saturated heterocycles. The van der Waals surface area contributed by atoms with E-state index in [4.69, 9.17) is 0 Å². The number of hydrazine groups is 1. The first-order chi connectivity index (χ1) is 3.80. The third-order valence-electron chi connectivity index (χ3n) is 1.39. The molecule has 1 aliphatic heterocycles. The van der Waals surface area contributed by atoms with E-state index in [2.05, 4.69) is 23.4 Å². The van der Waals surface area contributed by atoms with Crippen LogP contribution in [0.4, 0.5) is 0 Å². The minimum atomic E-state index is 0. The van der Waals surface area contributed by atoms with Crippen molar-refractivity contribution in [2.45, 2.75) is 12.8 Å². The zero-order valence-corrected chi connectivity index (χ0v) is 7.33. The van der Waals surface area contributed by atoms with Gasteiger partial charge in [0.25, 0.3) is 0 Å². The zero-order chi connectivity index (χ0) is 5.98. The van der Waals surface area contributed by atoms with E-state index in [9.17, 15) is 0 Å². The molecule has 0 saturated carbocycles. The molecule has 1 unspecified atom stereocenters. The topological polar surface area (TPSA) is 6.25 Å². The number of hydrogen-bond acceptors (Lipinski definition) is 0. The minimum absolute atomic E-state index is 0. The molecule has 0 aliphatic carbocycles. The lowest BCUT2D eigenvalue weighted by Crippen LogP contribution is -3.00. The van der Waals surface area contributed by atoms with Gasteiger partial charge in [-0.3, -0.25) is 0 Å². The van der Waals surface area contributed by atoms with Crippen molar-refractivity contribution < 1.29 is 8.91 Å². The molecular weight excluding hydrogens is 157 g/mol. The second-order valence-corrected chi connectivity index (χ2v) is 3.47. The lowest BCUT2D eigenvalue weighted by Gasteiger charge is -2.03. The minimum Gasteiger partial charge on any atom is -1.00 e. The van der Waals surface area contributed by atoms with Gasteiger partial charge >= 0.3 is 0 Å². The van der Waals surface area contributed by atoms with Crippen molar-refractivity contribution in [3.63, 3.8) is 0 Å². The predicted molar refractivity (Wildman–Crippen MR) is 39.1 cm³/mol. The molecule has 1 heterocycles. The molecule has 1 rings (SSSR count). The summed E-state index contributed by atoms with van der Waals surface area (Å²) in [6.07, 6.45) is 2.66. The van der Waals surface area contributed by atoms with Crippen molar-refractivity contribution in [2.75, 3.05) is 13.1 Å². The summed E-state index contributed by atoms with van der Waals surface area (Å²) in [6.45, 7) is 2.38. The molecule has 5 heteroatoms. The largest absolute Gasteiger partial charge is 1.00 e. The summed E-state index contributed by atoms with van der Waals surface area (Å²) in [6, 6.07) is 0. The Bertz CT molecular complexity index is 103. The van der Waals surface area contributed by atoms with Gasteiger partial charge in [0.1, 0.15) is 0 Å². The average molecular weight is 168 g/mol. The Hall–Kier alpha value is 0.420. The lowest BCUT2D eigenvalue weighted by molar-refractivity contribution is -0.526. The van der Waals surface area contributed by atoms with E-state index in [1.54, 1.807) is 0 Å². The van der Waals surface area contributed by atoms with Crippen LogP contribution in [0.3, 0.4) is 0 Å². The van der Waals surface area contributed by atoms with Crippen LogP contribution < -0.4 is 4.70 Å². The van der Waals surface area contributed by atoms with Gasteiger partial charge in [0.15, 0.2) is 9.39 Å². The van der Waals surface area contributed by atoms with Crippen molar-refractivity contribution >= 4 is 18.4 Å². The summed E-state index contributed by atoms with van der Waals surface area (Å²) in [5, 5.41) is 2.24. The smallest absolute Gasteiger partial charge is 0.216 e. The number of rotatable bonds is 1. The standard InChI is InChI=1S/C4H11N2P2.FH/c7-6(8)5-3-1-2-4-5;/h7H,1-4,8H2;1H/q+1;/p-1. The van der Waals surface area contributed by atoms with Crippen LogP contribution in [0, 0.1) is 0 Å². The van der Waals surface area contributed by atoms with Crippen molar-refractivity contribution in [2.24, 2.45) is 0 Å². The van der Waals surface area contributed by atoms with E-state index in [1.807, 2.05) is 4.21 Å². The molecule has 1 aliphatic rings. The van der Waals surface area contributed by atoms with Gasteiger partial charge in [0.05, 0.1) is 13.1 Å².